The Morgan fingerprint density at radius 1 is 1.21 bits per heavy atom. The molecule has 3 heterocycles. The van der Waals surface area contributed by atoms with Gasteiger partial charge in [0, 0.05) is 12.2 Å². The second kappa shape index (κ2) is 8.96. The van der Waals surface area contributed by atoms with Crippen molar-refractivity contribution in [1.29, 1.82) is 0 Å². The zero-order valence-electron chi connectivity index (χ0n) is 20.8. The molecule has 3 amide bonds. The van der Waals surface area contributed by atoms with Crippen LogP contribution in [0.15, 0.2) is 18.2 Å². The molecule has 0 radical (unpaired) electrons. The predicted molar refractivity (Wildman–Crippen MR) is 128 cm³/mol. The number of hydrogen-bond donors (Lipinski definition) is 3. The second-order valence-electron chi connectivity index (χ2n) is 10.2. The predicted octanol–water partition coefficient (Wildman–Crippen LogP) is 2.30. The van der Waals surface area contributed by atoms with Crippen molar-refractivity contribution in [1.82, 2.24) is 10.2 Å². The van der Waals surface area contributed by atoms with E-state index in [2.05, 4.69) is 10.6 Å². The van der Waals surface area contributed by atoms with Crippen LogP contribution in [-0.2, 0) is 19.1 Å². The number of para-hydroxylation sites is 1. The van der Waals surface area contributed by atoms with Crippen LogP contribution in [0.2, 0.25) is 0 Å². The third-order valence-electron chi connectivity index (χ3n) is 8.17. The molecule has 3 saturated heterocycles. The minimum atomic E-state index is -1.09. The van der Waals surface area contributed by atoms with Crippen LogP contribution in [0.1, 0.15) is 57.6 Å². The first-order chi connectivity index (χ1) is 16.2. The number of amides is 3. The fourth-order valence-corrected chi connectivity index (χ4v) is 6.48. The van der Waals surface area contributed by atoms with Gasteiger partial charge in [-0.3, -0.25) is 14.4 Å². The minimum absolute atomic E-state index is 0.184. The van der Waals surface area contributed by atoms with Gasteiger partial charge in [-0.05, 0) is 57.6 Å². The third-order valence-corrected chi connectivity index (χ3v) is 8.17. The summed E-state index contributed by atoms with van der Waals surface area (Å²) in [6.07, 6.45) is 2.51. The highest BCUT2D eigenvalue weighted by molar-refractivity contribution is 6.04. The van der Waals surface area contributed by atoms with Crippen molar-refractivity contribution in [3.05, 3.63) is 29.3 Å². The summed E-state index contributed by atoms with van der Waals surface area (Å²) in [5, 5.41) is 16.0. The number of likely N-dealkylation sites (tertiary alicyclic amines) is 1. The first-order valence-corrected chi connectivity index (χ1v) is 12.5. The topological polar surface area (TPSA) is 108 Å². The number of anilines is 1. The SMILES string of the molecule is CCCNC(=O)[C@@H]1[C@H]2C(=O)N([C@H](C)CO)C(C(=O)Nc3c(C)cccc3C)C23CC[C@@]1(CC)O3. The first-order valence-electron chi connectivity index (χ1n) is 12.5. The molecule has 1 aromatic carbocycles. The van der Waals surface area contributed by atoms with Crippen molar-refractivity contribution >= 4 is 23.4 Å². The quantitative estimate of drug-likeness (QED) is 0.539. The zero-order chi connectivity index (χ0) is 24.8. The molecule has 4 rings (SSSR count). The Morgan fingerprint density at radius 3 is 2.47 bits per heavy atom. The van der Waals surface area contributed by atoms with Crippen molar-refractivity contribution in [2.75, 3.05) is 18.5 Å². The molecular weight excluding hydrogens is 434 g/mol. The Kier molecular flexibility index (Phi) is 6.50. The van der Waals surface area contributed by atoms with Gasteiger partial charge < -0.3 is 25.4 Å². The van der Waals surface area contributed by atoms with Crippen LogP contribution in [0.5, 0.6) is 0 Å². The average molecular weight is 472 g/mol. The standard InChI is InChI=1S/C26H37N3O5/c1-6-13-27-22(31)18-19-24(33)29(17(5)14-30)21(26(19)12-11-25(18,7-2)34-26)23(32)28-20-15(3)9-8-10-16(20)4/h8-10,17-19,21,30H,6-7,11-14H2,1-5H3,(H,27,31)(H,28,32)/t17-,18+,19+,21?,25-,26?/m1/s1. The van der Waals surface area contributed by atoms with Crippen LogP contribution in [0.25, 0.3) is 0 Å². The number of benzene rings is 1. The van der Waals surface area contributed by atoms with Crippen LogP contribution in [0.3, 0.4) is 0 Å². The lowest BCUT2D eigenvalue weighted by molar-refractivity contribution is -0.148. The summed E-state index contributed by atoms with van der Waals surface area (Å²) in [4.78, 5) is 42.6. The summed E-state index contributed by atoms with van der Waals surface area (Å²) >= 11 is 0. The van der Waals surface area contributed by atoms with E-state index in [0.29, 0.717) is 31.5 Å². The molecule has 2 unspecified atom stereocenters. The number of ether oxygens (including phenoxy) is 1. The normalized spacial score (nSPS) is 32.6. The molecule has 186 valence electrons. The summed E-state index contributed by atoms with van der Waals surface area (Å²) in [5.41, 5.74) is 0.709. The molecule has 3 fully saturated rings. The molecule has 8 nitrogen and oxygen atoms in total. The van der Waals surface area contributed by atoms with Gasteiger partial charge in [-0.1, -0.05) is 32.0 Å². The van der Waals surface area contributed by atoms with Gasteiger partial charge in [0.05, 0.1) is 30.1 Å². The van der Waals surface area contributed by atoms with Crippen LogP contribution in [0, 0.1) is 25.7 Å². The van der Waals surface area contributed by atoms with Gasteiger partial charge in [0.1, 0.15) is 11.6 Å². The van der Waals surface area contributed by atoms with Crippen LogP contribution in [0.4, 0.5) is 5.69 Å². The number of hydrogen-bond acceptors (Lipinski definition) is 5. The molecule has 0 aliphatic carbocycles. The van der Waals surface area contributed by atoms with Gasteiger partial charge in [-0.25, -0.2) is 0 Å². The lowest BCUT2D eigenvalue weighted by atomic mass is 9.65. The molecule has 34 heavy (non-hydrogen) atoms. The van der Waals surface area contributed by atoms with Gasteiger partial charge in [-0.15, -0.1) is 0 Å². The van der Waals surface area contributed by atoms with Gasteiger partial charge >= 0.3 is 0 Å². The van der Waals surface area contributed by atoms with E-state index in [9.17, 15) is 19.5 Å². The molecule has 3 aliphatic heterocycles. The maximum Gasteiger partial charge on any atom is 0.250 e. The fraction of sp³-hybridized carbons (Fsp3) is 0.654. The van der Waals surface area contributed by atoms with E-state index >= 15 is 0 Å². The summed E-state index contributed by atoms with van der Waals surface area (Å²) in [6.45, 7) is 9.77. The van der Waals surface area contributed by atoms with Gasteiger partial charge in [0.2, 0.25) is 17.7 Å². The largest absolute Gasteiger partial charge is 0.394 e. The highest BCUT2D eigenvalue weighted by atomic mass is 16.5. The Morgan fingerprint density at radius 2 is 1.88 bits per heavy atom. The average Bonchev–Trinajstić information content (AvgIpc) is 3.43. The molecule has 6 atom stereocenters. The molecule has 1 spiro atoms. The van der Waals surface area contributed by atoms with Crippen LogP contribution in [-0.4, -0.2) is 64.2 Å². The molecule has 3 N–H and O–H groups in total. The molecular formula is C26H37N3O5. The molecule has 1 aromatic rings. The van der Waals surface area contributed by atoms with E-state index < -0.39 is 35.1 Å². The van der Waals surface area contributed by atoms with Gasteiger partial charge in [-0.2, -0.15) is 0 Å². The van der Waals surface area contributed by atoms with Crippen LogP contribution < -0.4 is 10.6 Å². The number of aliphatic hydroxyl groups is 1. The first kappa shape index (κ1) is 24.7. The van der Waals surface area contributed by atoms with E-state index in [1.807, 2.05) is 45.9 Å². The number of aliphatic hydroxyl groups excluding tert-OH is 1. The molecule has 2 bridgehead atoms. The number of aryl methyl sites for hydroxylation is 2. The summed E-state index contributed by atoms with van der Waals surface area (Å²) in [7, 11) is 0. The summed E-state index contributed by atoms with van der Waals surface area (Å²) in [6, 6.07) is 4.27. The molecule has 0 saturated carbocycles. The lowest BCUT2D eigenvalue weighted by Crippen LogP contribution is -2.56. The smallest absolute Gasteiger partial charge is 0.250 e. The van der Waals surface area contributed by atoms with Crippen molar-refractivity contribution < 1.29 is 24.2 Å². The van der Waals surface area contributed by atoms with Gasteiger partial charge in [0.25, 0.3) is 0 Å². The zero-order valence-corrected chi connectivity index (χ0v) is 20.8. The number of rotatable bonds is 8. The minimum Gasteiger partial charge on any atom is -0.394 e. The Labute approximate surface area is 201 Å². The van der Waals surface area contributed by atoms with E-state index in [-0.39, 0.29) is 24.3 Å². The summed E-state index contributed by atoms with van der Waals surface area (Å²) < 4.78 is 6.70. The fourth-order valence-electron chi connectivity index (χ4n) is 6.48. The Bertz CT molecular complexity index is 976. The van der Waals surface area contributed by atoms with E-state index in [1.165, 1.54) is 4.90 Å². The number of nitrogens with one attached hydrogen (secondary N) is 2. The third kappa shape index (κ3) is 3.45. The summed E-state index contributed by atoms with van der Waals surface area (Å²) in [5.74, 6) is -2.21. The maximum absolute atomic E-state index is 13.9. The lowest BCUT2D eigenvalue weighted by Gasteiger charge is -2.36. The molecule has 3 aliphatic rings. The number of nitrogens with zero attached hydrogens (tertiary/aromatic N) is 1. The number of carbonyl (C=O) groups is 3. The maximum atomic E-state index is 13.9. The second-order valence-corrected chi connectivity index (χ2v) is 10.2. The van der Waals surface area contributed by atoms with Crippen LogP contribution >= 0.6 is 0 Å². The van der Waals surface area contributed by atoms with Crippen molar-refractivity contribution in [3.8, 4) is 0 Å². The van der Waals surface area contributed by atoms with Crippen molar-refractivity contribution in [2.24, 2.45) is 11.8 Å². The highest BCUT2D eigenvalue weighted by Gasteiger charge is 2.78. The van der Waals surface area contributed by atoms with Gasteiger partial charge in [0.15, 0.2) is 0 Å². The monoisotopic (exact) mass is 471 g/mol. The van der Waals surface area contributed by atoms with E-state index in [0.717, 1.165) is 17.5 Å². The highest BCUT2D eigenvalue weighted by Crippen LogP contribution is 2.64. The van der Waals surface area contributed by atoms with Crippen molar-refractivity contribution in [3.63, 3.8) is 0 Å². The Hall–Kier alpha value is -2.45. The van der Waals surface area contributed by atoms with E-state index in [4.69, 9.17) is 4.74 Å². The van der Waals surface area contributed by atoms with E-state index in [1.54, 1.807) is 6.92 Å². The number of carbonyl (C=O) groups excluding carboxylic acids is 3. The number of fused-ring (bicyclic) bond motifs is 1. The van der Waals surface area contributed by atoms with Crippen molar-refractivity contribution in [2.45, 2.75) is 83.6 Å². The molecule has 8 heteroatoms. The molecule has 0 aromatic heterocycles. The Balaban J connectivity index is 1.78.